The summed E-state index contributed by atoms with van der Waals surface area (Å²) < 4.78 is 20.8. The van der Waals surface area contributed by atoms with Crippen molar-refractivity contribution in [1.29, 1.82) is 0 Å². The second-order valence-electron chi connectivity index (χ2n) is 5.23. The molecule has 5 heteroatoms. The maximum atomic E-state index is 13.1. The van der Waals surface area contributed by atoms with Gasteiger partial charge in [-0.15, -0.1) is 0 Å². The minimum atomic E-state index is -0.201. The second kappa shape index (κ2) is 5.63. The van der Waals surface area contributed by atoms with Crippen LogP contribution in [0.4, 0.5) is 4.39 Å². The van der Waals surface area contributed by atoms with Crippen molar-refractivity contribution in [1.82, 2.24) is 15.1 Å². The minimum absolute atomic E-state index is 0.0758. The van der Waals surface area contributed by atoms with Crippen molar-refractivity contribution in [3.8, 4) is 5.75 Å². The van der Waals surface area contributed by atoms with E-state index in [-0.39, 0.29) is 11.9 Å². The van der Waals surface area contributed by atoms with Gasteiger partial charge in [-0.05, 0) is 31.2 Å². The van der Waals surface area contributed by atoms with Crippen LogP contribution in [0.1, 0.15) is 12.5 Å². The van der Waals surface area contributed by atoms with E-state index in [0.717, 1.165) is 30.8 Å². The zero-order chi connectivity index (χ0) is 13.9. The molecule has 0 saturated carbocycles. The zero-order valence-corrected chi connectivity index (χ0v) is 11.4. The van der Waals surface area contributed by atoms with Crippen LogP contribution in [-0.2, 0) is 13.0 Å². The molecule has 3 rings (SSSR count). The summed E-state index contributed by atoms with van der Waals surface area (Å²) in [7, 11) is 0. The van der Waals surface area contributed by atoms with E-state index in [9.17, 15) is 4.39 Å². The Kier molecular flexibility index (Phi) is 3.69. The van der Waals surface area contributed by atoms with E-state index in [2.05, 4.69) is 17.3 Å². The molecule has 106 valence electrons. The molecular formula is C15H18FN3O. The van der Waals surface area contributed by atoms with Crippen molar-refractivity contribution in [3.05, 3.63) is 48.0 Å². The molecule has 1 aromatic heterocycles. The van der Waals surface area contributed by atoms with Crippen molar-refractivity contribution in [2.24, 2.45) is 0 Å². The van der Waals surface area contributed by atoms with E-state index >= 15 is 0 Å². The Morgan fingerprint density at radius 1 is 1.55 bits per heavy atom. The largest absolute Gasteiger partial charge is 0.488 e. The van der Waals surface area contributed by atoms with Gasteiger partial charge in [0.2, 0.25) is 0 Å². The smallest absolute Gasteiger partial charge is 0.123 e. The molecule has 0 saturated heterocycles. The van der Waals surface area contributed by atoms with Crippen molar-refractivity contribution < 1.29 is 9.13 Å². The molecule has 1 N–H and O–H groups in total. The van der Waals surface area contributed by atoms with E-state index < -0.39 is 0 Å². The maximum absolute atomic E-state index is 13.1. The Morgan fingerprint density at radius 2 is 2.45 bits per heavy atom. The predicted octanol–water partition coefficient (Wildman–Crippen LogP) is 2.00. The van der Waals surface area contributed by atoms with Gasteiger partial charge in [0.1, 0.15) is 17.7 Å². The predicted molar refractivity (Wildman–Crippen MR) is 74.2 cm³/mol. The van der Waals surface area contributed by atoms with Crippen LogP contribution in [-0.4, -0.2) is 28.5 Å². The number of aromatic nitrogens is 2. The monoisotopic (exact) mass is 275 g/mol. The number of nitrogens with one attached hydrogen (secondary N) is 1. The van der Waals surface area contributed by atoms with Gasteiger partial charge in [-0.25, -0.2) is 4.39 Å². The van der Waals surface area contributed by atoms with E-state index in [1.807, 2.05) is 16.9 Å². The first-order chi connectivity index (χ1) is 9.70. The summed E-state index contributed by atoms with van der Waals surface area (Å²) >= 11 is 0. The molecule has 0 spiro atoms. The Labute approximate surface area is 117 Å². The lowest BCUT2D eigenvalue weighted by Gasteiger charge is -2.17. The highest BCUT2D eigenvalue weighted by molar-refractivity contribution is 5.37. The minimum Gasteiger partial charge on any atom is -0.488 e. The van der Waals surface area contributed by atoms with Gasteiger partial charge in [-0.3, -0.25) is 4.68 Å². The fourth-order valence-corrected chi connectivity index (χ4v) is 2.49. The zero-order valence-electron chi connectivity index (χ0n) is 11.4. The number of hydrogen-bond acceptors (Lipinski definition) is 3. The maximum Gasteiger partial charge on any atom is 0.123 e. The van der Waals surface area contributed by atoms with Crippen molar-refractivity contribution in [2.75, 3.05) is 6.54 Å². The number of hydrogen-bond donors (Lipinski definition) is 1. The third kappa shape index (κ3) is 2.99. The highest BCUT2D eigenvalue weighted by Gasteiger charge is 2.23. The first kappa shape index (κ1) is 13.1. The normalized spacial score (nSPS) is 18.6. The lowest BCUT2D eigenvalue weighted by molar-refractivity contribution is 0.219. The van der Waals surface area contributed by atoms with Gasteiger partial charge < -0.3 is 10.1 Å². The highest BCUT2D eigenvalue weighted by atomic mass is 19.1. The summed E-state index contributed by atoms with van der Waals surface area (Å²) in [5.41, 5.74) is 0.955. The molecule has 2 unspecified atom stereocenters. The fourth-order valence-electron chi connectivity index (χ4n) is 2.49. The quantitative estimate of drug-likeness (QED) is 0.907. The van der Waals surface area contributed by atoms with Crippen LogP contribution >= 0.6 is 0 Å². The molecule has 0 radical (unpaired) electrons. The SMILES string of the molecule is CC(Cn1cccn1)NCC1Cc2cc(F)ccc2O1. The number of nitrogens with zero attached hydrogens (tertiary/aromatic N) is 2. The first-order valence-corrected chi connectivity index (χ1v) is 6.86. The molecule has 2 heterocycles. The van der Waals surface area contributed by atoms with Crippen LogP contribution in [0.2, 0.25) is 0 Å². The number of ether oxygens (including phenoxy) is 1. The van der Waals surface area contributed by atoms with Gasteiger partial charge in [0.25, 0.3) is 0 Å². The average Bonchev–Trinajstić information content (AvgIpc) is 3.04. The summed E-state index contributed by atoms with van der Waals surface area (Å²) in [4.78, 5) is 0. The van der Waals surface area contributed by atoms with Gasteiger partial charge in [-0.2, -0.15) is 5.10 Å². The standard InChI is InChI=1S/C15H18FN3O/c1-11(10-19-6-2-5-18-19)17-9-14-8-12-7-13(16)3-4-15(12)20-14/h2-7,11,14,17H,8-10H2,1H3. The lowest BCUT2D eigenvalue weighted by Crippen LogP contribution is -2.38. The van der Waals surface area contributed by atoms with Crippen molar-refractivity contribution in [3.63, 3.8) is 0 Å². The molecule has 0 bridgehead atoms. The molecule has 2 aromatic rings. The topological polar surface area (TPSA) is 39.1 Å². The van der Waals surface area contributed by atoms with Crippen LogP contribution in [0, 0.1) is 5.82 Å². The molecular weight excluding hydrogens is 257 g/mol. The van der Waals surface area contributed by atoms with Gasteiger partial charge >= 0.3 is 0 Å². The average molecular weight is 275 g/mol. The Balaban J connectivity index is 1.48. The van der Waals surface area contributed by atoms with Gasteiger partial charge in [0.05, 0.1) is 6.54 Å². The number of halogens is 1. The molecule has 1 aliphatic rings. The Hall–Kier alpha value is -1.88. The van der Waals surface area contributed by atoms with Crippen LogP contribution in [0.3, 0.4) is 0 Å². The molecule has 0 amide bonds. The molecule has 0 fully saturated rings. The highest BCUT2D eigenvalue weighted by Crippen LogP contribution is 2.28. The third-order valence-electron chi connectivity index (χ3n) is 3.48. The number of fused-ring (bicyclic) bond motifs is 1. The summed E-state index contributed by atoms with van der Waals surface area (Å²) in [5.74, 6) is 0.603. The fraction of sp³-hybridized carbons (Fsp3) is 0.400. The summed E-state index contributed by atoms with van der Waals surface area (Å²) in [6, 6.07) is 6.92. The summed E-state index contributed by atoms with van der Waals surface area (Å²) in [5, 5.41) is 7.61. The van der Waals surface area contributed by atoms with Gasteiger partial charge in [0, 0.05) is 37.0 Å². The van der Waals surface area contributed by atoms with Crippen molar-refractivity contribution in [2.45, 2.75) is 32.0 Å². The summed E-state index contributed by atoms with van der Waals surface area (Å²) in [6.45, 7) is 3.68. The molecule has 2 atom stereocenters. The molecule has 4 nitrogen and oxygen atoms in total. The molecule has 1 aromatic carbocycles. The molecule has 20 heavy (non-hydrogen) atoms. The Morgan fingerprint density at radius 3 is 3.25 bits per heavy atom. The molecule has 1 aliphatic heterocycles. The summed E-state index contributed by atoms with van der Waals surface area (Å²) in [6.07, 6.45) is 4.56. The van der Waals surface area contributed by atoms with Crippen LogP contribution in [0.25, 0.3) is 0 Å². The van der Waals surface area contributed by atoms with Crippen LogP contribution in [0.5, 0.6) is 5.75 Å². The van der Waals surface area contributed by atoms with E-state index in [0.29, 0.717) is 6.04 Å². The van der Waals surface area contributed by atoms with Crippen LogP contribution in [0.15, 0.2) is 36.7 Å². The Bertz CT molecular complexity index is 571. The van der Waals surface area contributed by atoms with E-state index in [4.69, 9.17) is 4.74 Å². The lowest BCUT2D eigenvalue weighted by atomic mass is 10.1. The number of rotatable bonds is 5. The van der Waals surface area contributed by atoms with Crippen LogP contribution < -0.4 is 10.1 Å². The molecule has 0 aliphatic carbocycles. The second-order valence-corrected chi connectivity index (χ2v) is 5.23. The van der Waals surface area contributed by atoms with E-state index in [1.165, 1.54) is 6.07 Å². The van der Waals surface area contributed by atoms with E-state index in [1.54, 1.807) is 18.3 Å². The van der Waals surface area contributed by atoms with Gasteiger partial charge in [0.15, 0.2) is 0 Å². The third-order valence-corrected chi connectivity index (χ3v) is 3.48. The van der Waals surface area contributed by atoms with Crippen molar-refractivity contribution >= 4 is 0 Å². The first-order valence-electron chi connectivity index (χ1n) is 6.86. The number of benzene rings is 1. The van der Waals surface area contributed by atoms with Gasteiger partial charge in [-0.1, -0.05) is 0 Å².